The van der Waals surface area contributed by atoms with Gasteiger partial charge in [0.15, 0.2) is 5.16 Å². The molecule has 1 N–H and O–H groups in total. The molecule has 1 aliphatic carbocycles. The van der Waals surface area contributed by atoms with Crippen molar-refractivity contribution in [2.75, 3.05) is 23.7 Å². The molecule has 0 spiro atoms. The zero-order valence-corrected chi connectivity index (χ0v) is 24.3. The molecular weight excluding hydrogens is 550 g/mol. The number of thioether (sulfide) groups is 1. The van der Waals surface area contributed by atoms with Gasteiger partial charge < -0.3 is 4.90 Å². The van der Waals surface area contributed by atoms with Crippen molar-refractivity contribution in [3.05, 3.63) is 79.9 Å². The first-order chi connectivity index (χ1) is 19.0. The van der Waals surface area contributed by atoms with Crippen LogP contribution in [-0.4, -0.2) is 40.5 Å². The number of aromatic nitrogens is 2. The first-order valence-corrected chi connectivity index (χ1v) is 15.3. The molecule has 1 amide bonds. The number of thiophene rings is 1. The van der Waals surface area contributed by atoms with E-state index < -0.39 is 0 Å². The summed E-state index contributed by atoms with van der Waals surface area (Å²) in [6, 6.07) is 15.2. The summed E-state index contributed by atoms with van der Waals surface area (Å²) in [6.45, 7) is 6.14. The van der Waals surface area contributed by atoms with Crippen molar-refractivity contribution in [3.8, 4) is 5.69 Å². The third kappa shape index (κ3) is 6.05. The van der Waals surface area contributed by atoms with Crippen molar-refractivity contribution in [2.45, 2.75) is 44.7 Å². The number of halogens is 1. The Morgan fingerprint density at radius 2 is 1.85 bits per heavy atom. The van der Waals surface area contributed by atoms with Gasteiger partial charge in [0.2, 0.25) is 0 Å². The van der Waals surface area contributed by atoms with Crippen LogP contribution in [0.25, 0.3) is 15.9 Å². The van der Waals surface area contributed by atoms with Crippen LogP contribution in [0.5, 0.6) is 0 Å². The maximum atomic E-state index is 13.8. The normalized spacial score (nSPS) is 13.1. The van der Waals surface area contributed by atoms with Crippen LogP contribution < -0.4 is 15.9 Å². The first kappa shape index (κ1) is 27.4. The number of hydrogen-bond donors (Lipinski definition) is 1. The van der Waals surface area contributed by atoms with Crippen LogP contribution in [-0.2, 0) is 17.6 Å². The highest BCUT2D eigenvalue weighted by molar-refractivity contribution is 7.99. The second-order valence-corrected chi connectivity index (χ2v) is 11.7. The Hall–Kier alpha value is -3.14. The number of carbonyl (C=O) groups excluding carboxylic acids is 1. The van der Waals surface area contributed by atoms with Gasteiger partial charge in [0.05, 0.1) is 23.0 Å². The molecule has 0 radical (unpaired) electrons. The fourth-order valence-electron chi connectivity index (χ4n) is 4.80. The average molecular weight is 580 g/mol. The lowest BCUT2D eigenvalue weighted by Gasteiger charge is -2.20. The number of rotatable bonds is 9. The smallest absolute Gasteiger partial charge is 0.267 e. The number of nitrogens with zero attached hydrogens (tertiary/aromatic N) is 4. The highest BCUT2D eigenvalue weighted by atomic mass is 35.5. The topological polar surface area (TPSA) is 79.6 Å². The maximum absolute atomic E-state index is 13.8. The lowest BCUT2D eigenvalue weighted by Crippen LogP contribution is -2.24. The molecule has 0 bridgehead atoms. The van der Waals surface area contributed by atoms with Gasteiger partial charge in [-0.2, -0.15) is 5.10 Å². The van der Waals surface area contributed by atoms with Gasteiger partial charge in [-0.3, -0.25) is 14.2 Å². The zero-order chi connectivity index (χ0) is 27.4. The molecule has 2 heterocycles. The molecule has 7 nitrogen and oxygen atoms in total. The summed E-state index contributed by atoms with van der Waals surface area (Å²) in [6.07, 6.45) is 5.72. The van der Waals surface area contributed by atoms with Crippen LogP contribution in [0, 0.1) is 0 Å². The molecule has 0 atom stereocenters. The van der Waals surface area contributed by atoms with Gasteiger partial charge in [-0.1, -0.05) is 35.5 Å². The van der Waals surface area contributed by atoms with Crippen molar-refractivity contribution < 1.29 is 4.79 Å². The fraction of sp³-hybridized carbons (Fsp3) is 0.310. The lowest BCUT2D eigenvalue weighted by atomic mass is 9.97. The third-order valence-corrected chi connectivity index (χ3v) is 9.18. The molecule has 39 heavy (non-hydrogen) atoms. The molecule has 2 aromatic heterocycles. The van der Waals surface area contributed by atoms with Crippen LogP contribution in [0.1, 0.15) is 42.7 Å². The zero-order valence-electron chi connectivity index (χ0n) is 21.9. The molecule has 10 heteroatoms. The highest BCUT2D eigenvalue weighted by Gasteiger charge is 2.23. The molecule has 0 saturated carbocycles. The number of anilines is 1. The number of benzene rings is 2. The number of fused-ring (bicyclic) bond motifs is 3. The minimum absolute atomic E-state index is 0.0643. The second-order valence-electron chi connectivity index (χ2n) is 9.25. The summed E-state index contributed by atoms with van der Waals surface area (Å²) in [5.74, 6) is -0.215. The Bertz CT molecular complexity index is 1560. The molecule has 0 saturated heterocycles. The van der Waals surface area contributed by atoms with E-state index in [2.05, 4.69) is 29.3 Å². The summed E-state index contributed by atoms with van der Waals surface area (Å²) >= 11 is 8.93. The SMILES string of the molecule is CCN(CC)c1ccc(C=NNC(=O)CSc2nc3sc4c(c3c(=O)n2-c2ccc(Cl)cc2)CCCC4)cc1. The predicted molar refractivity (Wildman–Crippen MR) is 163 cm³/mol. The molecule has 1 aliphatic rings. The summed E-state index contributed by atoms with van der Waals surface area (Å²) in [7, 11) is 0. The molecule has 5 rings (SSSR count). The molecule has 0 fully saturated rings. The Morgan fingerprint density at radius 1 is 1.13 bits per heavy atom. The number of carbonyl (C=O) groups is 1. The monoisotopic (exact) mass is 579 g/mol. The van der Waals surface area contributed by atoms with Crippen LogP contribution in [0.3, 0.4) is 0 Å². The molecule has 0 unspecified atom stereocenters. The maximum Gasteiger partial charge on any atom is 0.267 e. The van der Waals surface area contributed by atoms with E-state index in [0.717, 1.165) is 60.4 Å². The standard InChI is InChI=1S/C29H30ClN5O2S2/c1-3-34(4-2)21-13-9-19(10-14-21)17-31-33-25(36)18-38-29-32-27-26(23-7-5-6-8-24(23)39-27)28(37)35(29)22-15-11-20(30)12-16-22/h9-17H,3-8,18H2,1-2H3,(H,33,36). The van der Waals surface area contributed by atoms with Crippen molar-refractivity contribution in [1.29, 1.82) is 0 Å². The van der Waals surface area contributed by atoms with E-state index in [1.54, 1.807) is 46.4 Å². The third-order valence-electron chi connectivity index (χ3n) is 6.80. The number of nitrogens with one attached hydrogen (secondary N) is 1. The van der Waals surface area contributed by atoms with Crippen molar-refractivity contribution in [2.24, 2.45) is 5.10 Å². The molecule has 0 aliphatic heterocycles. The summed E-state index contributed by atoms with van der Waals surface area (Å²) in [4.78, 5) is 35.6. The highest BCUT2D eigenvalue weighted by Crippen LogP contribution is 2.35. The van der Waals surface area contributed by atoms with Crippen molar-refractivity contribution >= 4 is 62.7 Å². The van der Waals surface area contributed by atoms with E-state index >= 15 is 0 Å². The summed E-state index contributed by atoms with van der Waals surface area (Å²) < 4.78 is 1.60. The minimum Gasteiger partial charge on any atom is -0.372 e. The van der Waals surface area contributed by atoms with Gasteiger partial charge >= 0.3 is 0 Å². The van der Waals surface area contributed by atoms with Gasteiger partial charge in [0.25, 0.3) is 11.5 Å². The minimum atomic E-state index is -0.279. The van der Waals surface area contributed by atoms with E-state index in [9.17, 15) is 9.59 Å². The van der Waals surface area contributed by atoms with E-state index in [1.807, 2.05) is 24.3 Å². The van der Waals surface area contributed by atoms with Crippen LogP contribution in [0.2, 0.25) is 5.02 Å². The fourth-order valence-corrected chi connectivity index (χ4v) is 7.04. The molecular formula is C29H30ClN5O2S2. The lowest BCUT2D eigenvalue weighted by molar-refractivity contribution is -0.118. The summed E-state index contributed by atoms with van der Waals surface area (Å²) in [5, 5.41) is 5.88. The molecule has 2 aromatic carbocycles. The van der Waals surface area contributed by atoms with E-state index in [0.29, 0.717) is 21.3 Å². The van der Waals surface area contributed by atoms with Crippen LogP contribution in [0.15, 0.2) is 63.6 Å². The van der Waals surface area contributed by atoms with E-state index in [-0.39, 0.29) is 17.2 Å². The van der Waals surface area contributed by atoms with Crippen LogP contribution >= 0.6 is 34.7 Å². The first-order valence-electron chi connectivity index (χ1n) is 13.1. The van der Waals surface area contributed by atoms with Gasteiger partial charge in [-0.05, 0) is 87.1 Å². The number of aryl methyl sites for hydroxylation is 2. The van der Waals surface area contributed by atoms with Gasteiger partial charge in [0, 0.05) is 28.7 Å². The number of amides is 1. The van der Waals surface area contributed by atoms with Crippen LogP contribution in [0.4, 0.5) is 5.69 Å². The molecule has 202 valence electrons. The Kier molecular flexibility index (Phi) is 8.69. The predicted octanol–water partition coefficient (Wildman–Crippen LogP) is 6.07. The largest absolute Gasteiger partial charge is 0.372 e. The van der Waals surface area contributed by atoms with Gasteiger partial charge in [-0.25, -0.2) is 10.4 Å². The Balaban J connectivity index is 1.34. The second kappa shape index (κ2) is 12.4. The van der Waals surface area contributed by atoms with E-state index in [1.165, 1.54) is 16.6 Å². The van der Waals surface area contributed by atoms with Gasteiger partial charge in [0.1, 0.15) is 4.83 Å². The summed E-state index contributed by atoms with van der Waals surface area (Å²) in [5.41, 5.74) is 6.34. The molecule has 4 aromatic rings. The number of hydrazone groups is 1. The number of hydrogen-bond acceptors (Lipinski definition) is 7. The van der Waals surface area contributed by atoms with E-state index in [4.69, 9.17) is 16.6 Å². The van der Waals surface area contributed by atoms with Crippen molar-refractivity contribution in [1.82, 2.24) is 15.0 Å². The Morgan fingerprint density at radius 3 is 2.56 bits per heavy atom. The Labute approximate surface area is 240 Å². The van der Waals surface area contributed by atoms with Gasteiger partial charge in [-0.15, -0.1) is 11.3 Å². The quantitative estimate of drug-likeness (QED) is 0.113. The van der Waals surface area contributed by atoms with Crippen molar-refractivity contribution in [3.63, 3.8) is 0 Å². The average Bonchev–Trinajstić information content (AvgIpc) is 3.33.